The summed E-state index contributed by atoms with van der Waals surface area (Å²) in [5.74, 6) is -10.7. The molecule has 0 aromatic rings. The molecule has 1 aliphatic carbocycles. The molecular weight excluding hydrogens is 1380 g/mol. The summed E-state index contributed by atoms with van der Waals surface area (Å²) in [5.41, 5.74) is 1.08. The van der Waals surface area contributed by atoms with Gasteiger partial charge in [-0.05, 0) is 126 Å². The number of carbonyl (C=O) groups excluding carboxylic acids is 18. The van der Waals surface area contributed by atoms with Crippen molar-refractivity contribution in [1.82, 2.24) is 29.4 Å². The first kappa shape index (κ1) is 89.9. The molecule has 7 aliphatic rings. The number of alkyl halides is 3. The zero-order chi connectivity index (χ0) is 79.2. The van der Waals surface area contributed by atoms with Gasteiger partial charge in [0.15, 0.2) is 58.5 Å². The Morgan fingerprint density at radius 3 is 0.894 bits per heavy atom. The average Bonchev–Trinajstić information content (AvgIpc) is 1.55. The molecule has 7 fully saturated rings. The quantitative estimate of drug-likeness (QED) is 0.0627. The van der Waals surface area contributed by atoms with Crippen molar-refractivity contribution in [3.05, 3.63) is 72.9 Å². The fourth-order valence-corrected chi connectivity index (χ4v) is 10.4. The third-order valence-electron chi connectivity index (χ3n) is 15.9. The van der Waals surface area contributed by atoms with Gasteiger partial charge in [0.2, 0.25) is 35.4 Å². The molecule has 6 heterocycles. The van der Waals surface area contributed by atoms with Gasteiger partial charge in [-0.3, -0.25) is 72.2 Å². The molecule has 0 bridgehead atoms. The van der Waals surface area contributed by atoms with Crippen LogP contribution in [0.5, 0.6) is 0 Å². The van der Waals surface area contributed by atoms with Crippen LogP contribution in [0.2, 0.25) is 0 Å². The number of aliphatic hydroxyl groups excluding tert-OH is 1. The second kappa shape index (κ2) is 43.7. The van der Waals surface area contributed by atoms with Crippen molar-refractivity contribution in [2.45, 2.75) is 214 Å². The number of amides is 12. The Kier molecular flexibility index (Phi) is 37.8. The molecule has 0 aromatic heterocycles. The van der Waals surface area contributed by atoms with E-state index in [2.05, 4.69) is 53.7 Å². The van der Waals surface area contributed by atoms with Crippen LogP contribution in [0.4, 0.5) is 13.2 Å². The number of likely N-dealkylation sites (tertiary alicyclic amines) is 6. The van der Waals surface area contributed by atoms with Crippen molar-refractivity contribution < 1.29 is 133 Å². The molecule has 12 amide bonds. The highest BCUT2D eigenvalue weighted by Crippen LogP contribution is 2.40. The molecule has 0 aromatic carbocycles. The van der Waals surface area contributed by atoms with Gasteiger partial charge in [-0.15, -0.1) is 0 Å². The Hall–Kier alpha value is -10.2. The summed E-state index contributed by atoms with van der Waals surface area (Å²) in [5, 5.41) is 9.43. The zero-order valence-electron chi connectivity index (χ0n) is 59.9. The Bertz CT molecular complexity index is 3240. The van der Waals surface area contributed by atoms with Gasteiger partial charge in [0.05, 0.1) is 18.1 Å². The lowest BCUT2D eigenvalue weighted by atomic mass is 9.90. The number of imide groups is 6. The Morgan fingerprint density at radius 1 is 0.346 bits per heavy atom. The van der Waals surface area contributed by atoms with Gasteiger partial charge in [0.1, 0.15) is 0 Å². The number of fused-ring (bicyclic) bond motifs is 1. The van der Waals surface area contributed by atoms with Crippen LogP contribution in [-0.2, 0) is 115 Å². The predicted molar refractivity (Wildman–Crippen MR) is 356 cm³/mol. The molecule has 31 nitrogen and oxygen atoms in total. The molecule has 8 atom stereocenters. The minimum absolute atomic E-state index is 0.000986. The number of halogens is 3. The molecule has 8 unspecified atom stereocenters. The fraction of sp³-hybridized carbons (Fsp3) is 0.571. The first-order valence-electron chi connectivity index (χ1n) is 33.2. The smallest absolute Gasteiger partial charge is 0.333 e. The van der Waals surface area contributed by atoms with E-state index in [1.807, 2.05) is 13.8 Å². The van der Waals surface area contributed by atoms with Crippen molar-refractivity contribution in [3.8, 4) is 0 Å². The van der Waals surface area contributed by atoms with E-state index in [1.54, 1.807) is 0 Å². The van der Waals surface area contributed by atoms with Crippen LogP contribution in [-0.4, -0.2) is 224 Å². The second-order valence-corrected chi connectivity index (χ2v) is 25.1. The van der Waals surface area contributed by atoms with E-state index < -0.39 is 154 Å². The highest BCUT2D eigenvalue weighted by Gasteiger charge is 2.55. The number of hydrogen-bond acceptors (Lipinski definition) is 25. The largest absolute Gasteiger partial charge is 0.452 e. The summed E-state index contributed by atoms with van der Waals surface area (Å²) >= 11 is 0. The maximum atomic E-state index is 13.6. The van der Waals surface area contributed by atoms with Gasteiger partial charge in [0.25, 0.3) is 35.4 Å². The van der Waals surface area contributed by atoms with E-state index in [4.69, 9.17) is 14.2 Å². The first-order chi connectivity index (χ1) is 48.6. The van der Waals surface area contributed by atoms with E-state index >= 15 is 0 Å². The fourth-order valence-electron chi connectivity index (χ4n) is 10.4. The van der Waals surface area contributed by atoms with Gasteiger partial charge in [-0.2, -0.15) is 0 Å². The summed E-state index contributed by atoms with van der Waals surface area (Å²) in [6.45, 7) is 29.5. The summed E-state index contributed by atoms with van der Waals surface area (Å²) in [6, 6.07) is -0.480. The number of rotatable bonds is 18. The summed E-state index contributed by atoms with van der Waals surface area (Å²) in [4.78, 5) is 210. The van der Waals surface area contributed by atoms with Crippen LogP contribution in [0.3, 0.4) is 0 Å². The maximum Gasteiger partial charge on any atom is 0.333 e. The van der Waals surface area contributed by atoms with Gasteiger partial charge in [0, 0.05) is 84.0 Å². The number of β-lactam (4-membered cyclic amide) rings is 1. The van der Waals surface area contributed by atoms with E-state index in [1.165, 1.54) is 51.3 Å². The topological polar surface area (TPSA) is 402 Å². The van der Waals surface area contributed by atoms with E-state index in [9.17, 15) is 105 Å². The van der Waals surface area contributed by atoms with Crippen LogP contribution in [0.1, 0.15) is 171 Å². The number of ether oxygens (including phenoxy) is 6. The maximum absolute atomic E-state index is 13.6. The lowest BCUT2D eigenvalue weighted by molar-refractivity contribution is -0.168. The molecule has 1 N–H and O–H groups in total. The second-order valence-electron chi connectivity index (χ2n) is 25.1. The lowest BCUT2D eigenvalue weighted by Crippen LogP contribution is -2.61. The van der Waals surface area contributed by atoms with Gasteiger partial charge < -0.3 is 33.5 Å². The molecule has 104 heavy (non-hydrogen) atoms. The molecule has 7 rings (SSSR count). The molecular formula is C70H93F3N6O25. The first-order valence-corrected chi connectivity index (χ1v) is 33.2. The van der Waals surface area contributed by atoms with Crippen LogP contribution in [0.25, 0.3) is 0 Å². The van der Waals surface area contributed by atoms with Crippen molar-refractivity contribution in [2.75, 3.05) is 39.6 Å². The summed E-state index contributed by atoms with van der Waals surface area (Å²) in [6.07, 6.45) is 2.43. The summed E-state index contributed by atoms with van der Waals surface area (Å²) in [7, 11) is 0. The van der Waals surface area contributed by atoms with E-state index in [0.717, 1.165) is 37.0 Å². The summed E-state index contributed by atoms with van der Waals surface area (Å²) < 4.78 is 68.0. The molecule has 6 aliphatic heterocycles. The van der Waals surface area contributed by atoms with E-state index in [0.29, 0.717) is 59.6 Å². The minimum Gasteiger partial charge on any atom is -0.452 e. The molecule has 0 radical (unpaired) electrons. The standard InChI is InChI=1S/C13H19NO4.C12H16FNO4.C12H15NO5.C12H17NO4.C11H14FNO4.C10H12FNO4/c1-9(2)13(17)18-8-12(16)14-10(3)6-4-5-7-11(14)15;1-8(2)12(17)18-7-11(16)14-9(13)5-3-4-6-10(14)15;1-6(2)12(17)18-5-10(15)13-9-4-7(14)3-8(9)11(13)16;1-8(2)12(16)17-7-11(15)13-9(3)5-4-6-10(13)14;1-7(2)11(16)17-6-10(15)13-8(12)4-3-5-9(13)14;1-6(2)10(15)16-5-9(14)12-7(11)3-4-8(12)13/h10H,1,4-8H2,2-3H3;9H,1,3-7H2,2H3;7-9,14H,1,3-5H2,2H3;9H,1,4-7H2,2-3H3;8H,1,3-6H2,2H3;7H,1,3-5H2,2H3. The number of carbonyl (C=O) groups is 18. The lowest BCUT2D eigenvalue weighted by Gasteiger charge is -2.41. The van der Waals surface area contributed by atoms with E-state index in [-0.39, 0.29) is 114 Å². The molecule has 34 heteroatoms. The number of hydrogen-bond donors (Lipinski definition) is 1. The van der Waals surface area contributed by atoms with Crippen LogP contribution < -0.4 is 0 Å². The number of nitrogens with zero attached hydrogens (tertiary/aromatic N) is 6. The Morgan fingerprint density at radius 2 is 0.587 bits per heavy atom. The highest BCUT2D eigenvalue weighted by molar-refractivity contribution is 6.04. The highest BCUT2D eigenvalue weighted by atomic mass is 19.1. The number of piperidine rings is 2. The van der Waals surface area contributed by atoms with Crippen molar-refractivity contribution >= 4 is 107 Å². The normalized spacial score (nSPS) is 21.7. The van der Waals surface area contributed by atoms with Gasteiger partial charge in [-0.1, -0.05) is 45.9 Å². The third kappa shape index (κ3) is 28.6. The zero-order valence-corrected chi connectivity index (χ0v) is 59.9. The monoisotopic (exact) mass is 1470 g/mol. The number of aliphatic hydroxyl groups is 1. The van der Waals surface area contributed by atoms with Crippen molar-refractivity contribution in [3.63, 3.8) is 0 Å². The Labute approximate surface area is 599 Å². The van der Waals surface area contributed by atoms with Crippen LogP contribution in [0, 0.1) is 5.92 Å². The molecule has 6 saturated heterocycles. The predicted octanol–water partition coefficient (Wildman–Crippen LogP) is 4.89. The molecule has 574 valence electrons. The average molecular weight is 1480 g/mol. The third-order valence-corrected chi connectivity index (χ3v) is 15.9. The van der Waals surface area contributed by atoms with Crippen LogP contribution in [0.15, 0.2) is 72.9 Å². The Balaban J connectivity index is 0.000000424. The van der Waals surface area contributed by atoms with Gasteiger partial charge in [-0.25, -0.2) is 56.6 Å². The SMILES string of the molecule is C=C(C)C(=O)OCC(=O)N1C(=O)C2CC(O)CC21.C=C(C)C(=O)OCC(=O)N1C(=O)CCC1F.C=C(C)C(=O)OCC(=O)N1C(=O)CCCC1C.C=C(C)C(=O)OCC(=O)N1C(=O)CCCC1F.C=C(C)C(=O)OCC(=O)N1C(=O)CCCCC1C.C=C(C)C(=O)OCC(=O)N1C(=O)CCCCC1F. The molecule has 1 saturated carbocycles. The van der Waals surface area contributed by atoms with Crippen LogP contribution >= 0.6 is 0 Å². The minimum atomic E-state index is -1.63. The molecule has 0 spiro atoms. The number of esters is 6. The van der Waals surface area contributed by atoms with Crippen molar-refractivity contribution in [2.24, 2.45) is 5.92 Å². The van der Waals surface area contributed by atoms with Crippen molar-refractivity contribution in [1.29, 1.82) is 0 Å². The van der Waals surface area contributed by atoms with Gasteiger partial charge >= 0.3 is 35.8 Å².